The van der Waals surface area contributed by atoms with Crippen molar-refractivity contribution in [1.82, 2.24) is 29.3 Å². The van der Waals surface area contributed by atoms with E-state index in [4.69, 9.17) is 0 Å². The molecule has 0 aromatic carbocycles. The third-order valence-corrected chi connectivity index (χ3v) is 7.76. The van der Waals surface area contributed by atoms with Crippen molar-refractivity contribution in [1.29, 1.82) is 0 Å². The maximum Gasteiger partial charge on any atom is 0.250 e. The molecule has 134 valence electrons. The molecule has 1 saturated carbocycles. The molecule has 1 aliphatic carbocycles. The normalized spacial score (nSPS) is 21.1. The predicted octanol–water partition coefficient (Wildman–Crippen LogP) is 2.28. The summed E-state index contributed by atoms with van der Waals surface area (Å²) in [5, 5.41) is 10.4. The fourth-order valence-electron chi connectivity index (χ4n) is 3.68. The fraction of sp³-hybridized carbons (Fsp3) is 0.312. The van der Waals surface area contributed by atoms with Crippen LogP contribution in [0.3, 0.4) is 0 Å². The first-order chi connectivity index (χ1) is 12.6. The average Bonchev–Trinajstić information content (AvgIpc) is 3.38. The summed E-state index contributed by atoms with van der Waals surface area (Å²) in [6.45, 7) is 0. The topological polar surface area (TPSA) is 105 Å². The molecule has 0 aliphatic heterocycles. The van der Waals surface area contributed by atoms with Gasteiger partial charge in [0.25, 0.3) is 0 Å². The van der Waals surface area contributed by atoms with Crippen molar-refractivity contribution in [3.8, 4) is 0 Å². The lowest BCUT2D eigenvalue weighted by Crippen LogP contribution is -2.32. The number of aromatic nitrogens is 5. The number of nitrogens with one attached hydrogen (secondary N) is 2. The minimum atomic E-state index is -3.45. The fourth-order valence-corrected chi connectivity index (χ4v) is 5.97. The number of H-pyrrole nitrogens is 1. The molecular weight excluding hydrogens is 372 g/mol. The number of sulfonamides is 1. The van der Waals surface area contributed by atoms with Crippen LogP contribution >= 0.6 is 11.3 Å². The monoisotopic (exact) mass is 388 g/mol. The van der Waals surface area contributed by atoms with Crippen LogP contribution in [0.15, 0.2) is 40.2 Å². The molecule has 2 atom stereocenters. The van der Waals surface area contributed by atoms with E-state index in [1.807, 2.05) is 16.7 Å². The van der Waals surface area contributed by atoms with E-state index < -0.39 is 10.0 Å². The van der Waals surface area contributed by atoms with Crippen molar-refractivity contribution >= 4 is 38.2 Å². The van der Waals surface area contributed by atoms with Crippen molar-refractivity contribution < 1.29 is 8.42 Å². The lowest BCUT2D eigenvalue weighted by Gasteiger charge is -2.12. The summed E-state index contributed by atoms with van der Waals surface area (Å²) in [6.07, 6.45) is 5.90. The molecule has 0 radical (unpaired) electrons. The van der Waals surface area contributed by atoms with Crippen LogP contribution in [0.25, 0.3) is 16.8 Å². The lowest BCUT2D eigenvalue weighted by molar-refractivity contribution is 0.548. The quantitative estimate of drug-likeness (QED) is 0.558. The lowest BCUT2D eigenvalue weighted by atomic mass is 10.1. The van der Waals surface area contributed by atoms with Crippen molar-refractivity contribution in [3.63, 3.8) is 0 Å². The summed E-state index contributed by atoms with van der Waals surface area (Å²) in [6, 6.07) is 5.23. The van der Waals surface area contributed by atoms with Gasteiger partial charge in [0, 0.05) is 18.2 Å². The highest BCUT2D eigenvalue weighted by atomic mass is 32.2. The zero-order valence-corrected chi connectivity index (χ0v) is 15.3. The molecule has 26 heavy (non-hydrogen) atoms. The van der Waals surface area contributed by atoms with Gasteiger partial charge in [-0.3, -0.25) is 4.40 Å². The van der Waals surface area contributed by atoms with Gasteiger partial charge in [-0.1, -0.05) is 6.07 Å². The molecule has 4 aromatic rings. The Kier molecular flexibility index (Phi) is 3.59. The number of thiophene rings is 1. The number of nitrogens with zero attached hydrogens (tertiary/aromatic N) is 4. The summed E-state index contributed by atoms with van der Waals surface area (Å²) in [4.78, 5) is 7.43. The van der Waals surface area contributed by atoms with E-state index in [2.05, 4.69) is 24.9 Å². The molecular formula is C16H16N6O2S2. The average molecular weight is 388 g/mol. The van der Waals surface area contributed by atoms with E-state index in [0.717, 1.165) is 29.8 Å². The van der Waals surface area contributed by atoms with Gasteiger partial charge in [-0.05, 0) is 36.8 Å². The Hall–Kier alpha value is -2.30. The first-order valence-electron chi connectivity index (χ1n) is 8.35. The smallest absolute Gasteiger partial charge is 0.250 e. The highest BCUT2D eigenvalue weighted by molar-refractivity contribution is 7.91. The maximum absolute atomic E-state index is 12.4. The molecule has 4 heterocycles. The van der Waals surface area contributed by atoms with E-state index in [-0.39, 0.29) is 12.0 Å². The highest BCUT2D eigenvalue weighted by Crippen LogP contribution is 2.35. The summed E-state index contributed by atoms with van der Waals surface area (Å²) >= 11 is 1.23. The Bertz CT molecular complexity index is 1180. The van der Waals surface area contributed by atoms with Crippen LogP contribution in [-0.2, 0) is 10.0 Å². The molecule has 2 N–H and O–H groups in total. The highest BCUT2D eigenvalue weighted by Gasteiger charge is 2.32. The van der Waals surface area contributed by atoms with E-state index >= 15 is 0 Å². The van der Waals surface area contributed by atoms with E-state index in [9.17, 15) is 8.42 Å². The molecule has 1 aliphatic rings. The van der Waals surface area contributed by atoms with Crippen molar-refractivity contribution in [2.24, 2.45) is 0 Å². The minimum Gasteiger partial charge on any atom is -0.345 e. The molecule has 0 amide bonds. The SMILES string of the molecule is O=S(=O)(N[C@H]1CC[C@@H](c2nnc3cnc4[nH]ccc4n23)C1)c1cccs1. The second-order valence-electron chi connectivity index (χ2n) is 6.48. The van der Waals surface area contributed by atoms with Crippen LogP contribution in [0.2, 0.25) is 0 Å². The minimum absolute atomic E-state index is 0.0944. The van der Waals surface area contributed by atoms with E-state index in [1.165, 1.54) is 11.3 Å². The van der Waals surface area contributed by atoms with Crippen LogP contribution in [0.4, 0.5) is 0 Å². The molecule has 0 unspecified atom stereocenters. The third-order valence-electron chi connectivity index (χ3n) is 4.85. The number of rotatable bonds is 4. The predicted molar refractivity (Wildman–Crippen MR) is 97.7 cm³/mol. The molecule has 5 rings (SSSR count). The zero-order chi connectivity index (χ0) is 17.7. The van der Waals surface area contributed by atoms with Gasteiger partial charge in [0.15, 0.2) is 11.3 Å². The van der Waals surface area contributed by atoms with Crippen molar-refractivity contribution in [2.45, 2.75) is 35.4 Å². The molecule has 1 fully saturated rings. The third kappa shape index (κ3) is 2.52. The first kappa shape index (κ1) is 15.9. The van der Waals surface area contributed by atoms with Gasteiger partial charge in [-0.25, -0.2) is 18.1 Å². The van der Waals surface area contributed by atoms with Crippen molar-refractivity contribution in [2.75, 3.05) is 0 Å². The Balaban J connectivity index is 1.43. The summed E-state index contributed by atoms with van der Waals surface area (Å²) in [5.74, 6) is 1.02. The second-order valence-corrected chi connectivity index (χ2v) is 9.37. The van der Waals surface area contributed by atoms with Gasteiger partial charge >= 0.3 is 0 Å². The molecule has 4 aromatic heterocycles. The summed E-state index contributed by atoms with van der Waals surface area (Å²) < 4.78 is 30.1. The Morgan fingerprint density at radius 1 is 1.27 bits per heavy atom. The van der Waals surface area contributed by atoms with Crippen LogP contribution in [0.1, 0.15) is 31.0 Å². The standard InChI is InChI=1S/C16H16N6O2S2/c23-26(24,14-2-1-7-25-14)21-11-4-3-10(8-11)16-20-19-13-9-18-15-12(22(13)16)5-6-17-15/h1-2,5-7,9-11,17,21H,3-4,8H2/t10-,11+/m1/s1. The Labute approximate surface area is 153 Å². The molecule has 0 saturated heterocycles. The number of aromatic amines is 1. The van der Waals surface area contributed by atoms with Crippen molar-refractivity contribution in [3.05, 3.63) is 41.8 Å². The van der Waals surface area contributed by atoms with Crippen LogP contribution in [-0.4, -0.2) is 39.0 Å². The number of fused-ring (bicyclic) bond motifs is 3. The van der Waals surface area contributed by atoms with Gasteiger partial charge in [-0.2, -0.15) is 0 Å². The van der Waals surface area contributed by atoms with Gasteiger partial charge in [-0.15, -0.1) is 21.5 Å². The summed E-state index contributed by atoms with van der Waals surface area (Å²) in [7, 11) is -3.45. The Morgan fingerprint density at radius 2 is 2.19 bits per heavy atom. The van der Waals surface area contributed by atoms with Gasteiger partial charge < -0.3 is 4.98 Å². The maximum atomic E-state index is 12.4. The zero-order valence-electron chi connectivity index (χ0n) is 13.7. The molecule has 8 nitrogen and oxygen atoms in total. The Morgan fingerprint density at radius 3 is 3.04 bits per heavy atom. The van der Waals surface area contributed by atoms with Gasteiger partial charge in [0.1, 0.15) is 10.0 Å². The second kappa shape index (κ2) is 5.86. The van der Waals surface area contributed by atoms with Gasteiger partial charge in [0.05, 0.1) is 11.7 Å². The first-order valence-corrected chi connectivity index (χ1v) is 10.7. The molecule has 0 spiro atoms. The van der Waals surface area contributed by atoms with E-state index in [1.54, 1.807) is 23.7 Å². The van der Waals surface area contributed by atoms with Gasteiger partial charge in [0.2, 0.25) is 10.0 Å². The number of hydrogen-bond donors (Lipinski definition) is 2. The van der Waals surface area contributed by atoms with E-state index in [0.29, 0.717) is 16.3 Å². The largest absolute Gasteiger partial charge is 0.345 e. The van der Waals surface area contributed by atoms with Crippen LogP contribution < -0.4 is 4.72 Å². The summed E-state index contributed by atoms with van der Waals surface area (Å²) in [5.41, 5.74) is 2.42. The molecule has 10 heteroatoms. The van der Waals surface area contributed by atoms with Crippen LogP contribution in [0.5, 0.6) is 0 Å². The number of hydrogen-bond acceptors (Lipinski definition) is 6. The molecule has 0 bridgehead atoms. The van der Waals surface area contributed by atoms with Crippen LogP contribution in [0, 0.1) is 0 Å².